The van der Waals surface area contributed by atoms with Gasteiger partial charge in [-0.3, -0.25) is 9.10 Å². The summed E-state index contributed by atoms with van der Waals surface area (Å²) in [7, 11) is -3.57. The summed E-state index contributed by atoms with van der Waals surface area (Å²) in [4.78, 5) is 14.6. The fourth-order valence-electron chi connectivity index (χ4n) is 2.81. The van der Waals surface area contributed by atoms with Crippen LogP contribution in [0.4, 0.5) is 11.4 Å². The minimum absolute atomic E-state index is 0.253. The lowest BCUT2D eigenvalue weighted by Crippen LogP contribution is -2.40. The highest BCUT2D eigenvalue weighted by atomic mass is 127. The number of hydrogen-bond acceptors (Lipinski definition) is 4. The zero-order valence-corrected chi connectivity index (χ0v) is 19.3. The minimum atomic E-state index is -3.57. The van der Waals surface area contributed by atoms with Gasteiger partial charge in [-0.2, -0.15) is 0 Å². The molecule has 0 aromatic heterocycles. The van der Waals surface area contributed by atoms with E-state index < -0.39 is 10.0 Å². The van der Waals surface area contributed by atoms with Crippen LogP contribution in [-0.4, -0.2) is 40.2 Å². The smallest absolute Gasteiger partial charge is 0.241 e. The number of sulfonamides is 1. The van der Waals surface area contributed by atoms with Crippen LogP contribution in [0.5, 0.6) is 0 Å². The molecule has 6 nitrogen and oxygen atoms in total. The van der Waals surface area contributed by atoms with Gasteiger partial charge in [0, 0.05) is 28.9 Å². The molecule has 8 heteroatoms. The van der Waals surface area contributed by atoms with Gasteiger partial charge in [0.15, 0.2) is 0 Å². The monoisotopic (exact) mass is 515 g/mol. The lowest BCUT2D eigenvalue weighted by molar-refractivity contribution is -0.119. The molecule has 0 fully saturated rings. The van der Waals surface area contributed by atoms with Gasteiger partial charge in [0.05, 0.1) is 11.9 Å². The van der Waals surface area contributed by atoms with E-state index in [0.717, 1.165) is 38.5 Å². The van der Waals surface area contributed by atoms with Crippen molar-refractivity contribution in [2.24, 2.45) is 0 Å². The second kappa shape index (κ2) is 10.1. The van der Waals surface area contributed by atoms with Gasteiger partial charge in [0.2, 0.25) is 15.9 Å². The molecular weight excluding hydrogens is 489 g/mol. The molecule has 0 heterocycles. The molecule has 0 spiro atoms. The molecule has 1 amide bonds. The average molecular weight is 515 g/mol. The normalized spacial score (nSPS) is 11.1. The first kappa shape index (κ1) is 22.5. The number of rotatable bonds is 9. The van der Waals surface area contributed by atoms with Crippen molar-refractivity contribution < 1.29 is 13.2 Å². The van der Waals surface area contributed by atoms with Gasteiger partial charge < -0.3 is 10.2 Å². The Kier molecular flexibility index (Phi) is 8.11. The fourth-order valence-corrected chi connectivity index (χ4v) is 4.02. The quantitative estimate of drug-likeness (QED) is 0.521. The number of nitrogens with one attached hydrogen (secondary N) is 1. The van der Waals surface area contributed by atoms with E-state index in [4.69, 9.17) is 0 Å². The third kappa shape index (κ3) is 6.37. The molecule has 0 atom stereocenters. The van der Waals surface area contributed by atoms with Gasteiger partial charge in [-0.15, -0.1) is 0 Å². The Bertz CT molecular complexity index is 880. The van der Waals surface area contributed by atoms with E-state index in [0.29, 0.717) is 12.2 Å². The number of hydrogen-bond donors (Lipinski definition) is 1. The van der Waals surface area contributed by atoms with Crippen LogP contribution < -0.4 is 14.5 Å². The standard InChI is InChI=1S/C20H26IN3O3S/c1-4-23(5-2)18-10-6-16(7-11-18)14-22-20(25)15-24(28(3,26)27)19-12-8-17(21)9-13-19/h6-13H,4-5,14-15H2,1-3H3,(H,22,25). The zero-order chi connectivity index (χ0) is 20.7. The first-order valence-electron chi connectivity index (χ1n) is 9.08. The first-order valence-corrected chi connectivity index (χ1v) is 12.0. The molecule has 1 N–H and O–H groups in total. The lowest BCUT2D eigenvalue weighted by atomic mass is 10.2. The number of halogens is 1. The van der Waals surface area contributed by atoms with Crippen LogP contribution in [0.2, 0.25) is 0 Å². The van der Waals surface area contributed by atoms with Crippen LogP contribution >= 0.6 is 22.6 Å². The van der Waals surface area contributed by atoms with Crippen molar-refractivity contribution in [2.75, 3.05) is 35.1 Å². The maximum absolute atomic E-state index is 12.4. The predicted molar refractivity (Wildman–Crippen MR) is 123 cm³/mol. The summed E-state index contributed by atoms with van der Waals surface area (Å²) in [6, 6.07) is 15.0. The molecule has 2 rings (SSSR count). The summed E-state index contributed by atoms with van der Waals surface area (Å²) in [5.41, 5.74) is 2.58. The highest BCUT2D eigenvalue weighted by Gasteiger charge is 2.20. The maximum atomic E-state index is 12.4. The van der Waals surface area contributed by atoms with E-state index in [1.807, 2.05) is 36.4 Å². The van der Waals surface area contributed by atoms with Crippen LogP contribution in [0, 0.1) is 3.57 Å². The number of carbonyl (C=O) groups is 1. The number of anilines is 2. The Balaban J connectivity index is 2.00. The van der Waals surface area contributed by atoms with Crippen LogP contribution in [0.25, 0.3) is 0 Å². The van der Waals surface area contributed by atoms with Crippen LogP contribution in [-0.2, 0) is 21.4 Å². The van der Waals surface area contributed by atoms with Crippen molar-refractivity contribution in [3.8, 4) is 0 Å². The number of carbonyl (C=O) groups excluding carboxylic acids is 1. The Morgan fingerprint density at radius 3 is 2.00 bits per heavy atom. The second-order valence-corrected chi connectivity index (χ2v) is 9.51. The summed E-state index contributed by atoms with van der Waals surface area (Å²) in [6.07, 6.45) is 1.10. The van der Waals surface area contributed by atoms with E-state index in [-0.39, 0.29) is 12.5 Å². The van der Waals surface area contributed by atoms with Crippen molar-refractivity contribution in [2.45, 2.75) is 20.4 Å². The van der Waals surface area contributed by atoms with E-state index >= 15 is 0 Å². The van der Waals surface area contributed by atoms with Gasteiger partial charge in [0.1, 0.15) is 6.54 Å². The molecular formula is C20H26IN3O3S. The Morgan fingerprint density at radius 2 is 1.50 bits per heavy atom. The number of benzene rings is 2. The van der Waals surface area contributed by atoms with Crippen molar-refractivity contribution in [3.05, 3.63) is 57.7 Å². The van der Waals surface area contributed by atoms with Crippen molar-refractivity contribution in [1.29, 1.82) is 0 Å². The molecule has 0 radical (unpaired) electrons. The molecule has 0 saturated carbocycles. The SMILES string of the molecule is CCN(CC)c1ccc(CNC(=O)CN(c2ccc(I)cc2)S(C)(=O)=O)cc1. The zero-order valence-electron chi connectivity index (χ0n) is 16.4. The molecule has 28 heavy (non-hydrogen) atoms. The lowest BCUT2D eigenvalue weighted by Gasteiger charge is -2.22. The highest BCUT2D eigenvalue weighted by molar-refractivity contribution is 14.1. The van der Waals surface area contributed by atoms with Gasteiger partial charge in [-0.25, -0.2) is 8.42 Å². The largest absolute Gasteiger partial charge is 0.372 e. The van der Waals surface area contributed by atoms with Gasteiger partial charge in [-0.05, 0) is 78.4 Å². The van der Waals surface area contributed by atoms with Crippen LogP contribution in [0.3, 0.4) is 0 Å². The molecule has 0 aliphatic carbocycles. The van der Waals surface area contributed by atoms with Crippen molar-refractivity contribution >= 4 is 49.9 Å². The minimum Gasteiger partial charge on any atom is -0.372 e. The molecule has 152 valence electrons. The van der Waals surface area contributed by atoms with E-state index in [9.17, 15) is 13.2 Å². The van der Waals surface area contributed by atoms with E-state index in [1.165, 1.54) is 0 Å². The Hall–Kier alpha value is -1.81. The van der Waals surface area contributed by atoms with E-state index in [1.54, 1.807) is 12.1 Å². The van der Waals surface area contributed by atoms with Crippen LogP contribution in [0.15, 0.2) is 48.5 Å². The maximum Gasteiger partial charge on any atom is 0.241 e. The molecule has 0 bridgehead atoms. The fraction of sp³-hybridized carbons (Fsp3) is 0.350. The number of nitrogens with zero attached hydrogens (tertiary/aromatic N) is 2. The highest BCUT2D eigenvalue weighted by Crippen LogP contribution is 2.19. The third-order valence-corrected chi connectivity index (χ3v) is 6.22. The van der Waals surface area contributed by atoms with Crippen molar-refractivity contribution in [1.82, 2.24) is 5.32 Å². The van der Waals surface area contributed by atoms with Gasteiger partial charge in [0.25, 0.3) is 0 Å². The summed E-state index contributed by atoms with van der Waals surface area (Å²) >= 11 is 2.15. The summed E-state index contributed by atoms with van der Waals surface area (Å²) in [5, 5.41) is 2.80. The molecule has 0 unspecified atom stereocenters. The topological polar surface area (TPSA) is 69.7 Å². The van der Waals surface area contributed by atoms with Gasteiger partial charge in [-0.1, -0.05) is 12.1 Å². The second-order valence-electron chi connectivity index (χ2n) is 6.36. The van der Waals surface area contributed by atoms with Gasteiger partial charge >= 0.3 is 0 Å². The Morgan fingerprint density at radius 1 is 0.964 bits per heavy atom. The molecule has 0 aliphatic heterocycles. The van der Waals surface area contributed by atoms with Crippen LogP contribution in [0.1, 0.15) is 19.4 Å². The first-order chi connectivity index (χ1) is 13.2. The summed E-state index contributed by atoms with van der Waals surface area (Å²) in [5.74, 6) is -0.350. The predicted octanol–water partition coefficient (Wildman–Crippen LogP) is 3.22. The number of amides is 1. The van der Waals surface area contributed by atoms with Crippen molar-refractivity contribution in [3.63, 3.8) is 0 Å². The molecule has 2 aromatic carbocycles. The summed E-state index contributed by atoms with van der Waals surface area (Å²) < 4.78 is 26.4. The Labute approximate surface area is 181 Å². The third-order valence-electron chi connectivity index (χ3n) is 4.36. The molecule has 0 aliphatic rings. The average Bonchev–Trinajstić information content (AvgIpc) is 2.66. The summed E-state index contributed by atoms with van der Waals surface area (Å²) in [6.45, 7) is 6.19. The van der Waals surface area contributed by atoms with E-state index in [2.05, 4.69) is 46.7 Å². The molecule has 2 aromatic rings. The molecule has 0 saturated heterocycles.